The molecule has 0 amide bonds. The van der Waals surface area contributed by atoms with Crippen molar-refractivity contribution in [2.45, 2.75) is 19.9 Å². The number of rotatable bonds is 3. The molecule has 20 heavy (non-hydrogen) atoms. The van der Waals surface area contributed by atoms with E-state index in [0.29, 0.717) is 5.56 Å². The molecule has 0 aromatic heterocycles. The van der Waals surface area contributed by atoms with Crippen LogP contribution < -0.4 is 10.5 Å². The van der Waals surface area contributed by atoms with Gasteiger partial charge in [0.25, 0.3) is 0 Å². The molecule has 0 heterocycles. The van der Waals surface area contributed by atoms with E-state index in [9.17, 15) is 8.78 Å². The van der Waals surface area contributed by atoms with Gasteiger partial charge in [0.05, 0.1) is 13.2 Å². The van der Waals surface area contributed by atoms with Crippen LogP contribution in [0.1, 0.15) is 28.3 Å². The molecule has 0 aliphatic carbocycles. The van der Waals surface area contributed by atoms with Gasteiger partial charge in [0.2, 0.25) is 0 Å². The summed E-state index contributed by atoms with van der Waals surface area (Å²) in [5, 5.41) is 0. The Morgan fingerprint density at radius 2 is 1.65 bits per heavy atom. The van der Waals surface area contributed by atoms with Crippen LogP contribution in [0.2, 0.25) is 0 Å². The van der Waals surface area contributed by atoms with Crippen LogP contribution >= 0.6 is 0 Å². The molecule has 0 aliphatic rings. The SMILES string of the molecule is COc1cc(F)c(C(N)c2ccc(C)cc2C)c(F)c1. The molecule has 106 valence electrons. The van der Waals surface area contributed by atoms with E-state index in [1.807, 2.05) is 26.0 Å². The van der Waals surface area contributed by atoms with Crippen molar-refractivity contribution in [3.63, 3.8) is 0 Å². The molecule has 2 aromatic carbocycles. The van der Waals surface area contributed by atoms with E-state index < -0.39 is 17.7 Å². The van der Waals surface area contributed by atoms with Gasteiger partial charge < -0.3 is 10.5 Å². The average molecular weight is 277 g/mol. The van der Waals surface area contributed by atoms with Crippen LogP contribution in [0.15, 0.2) is 30.3 Å². The largest absolute Gasteiger partial charge is 0.497 e. The maximum absolute atomic E-state index is 14.0. The second kappa shape index (κ2) is 5.59. The minimum atomic E-state index is -0.846. The number of methoxy groups -OCH3 is 1. The van der Waals surface area contributed by atoms with Crippen LogP contribution in [-0.4, -0.2) is 7.11 Å². The minimum Gasteiger partial charge on any atom is -0.497 e. The average Bonchev–Trinajstić information content (AvgIpc) is 2.37. The van der Waals surface area contributed by atoms with Crippen LogP contribution in [0.4, 0.5) is 8.78 Å². The highest BCUT2D eigenvalue weighted by molar-refractivity contribution is 5.41. The molecular weight excluding hydrogens is 260 g/mol. The van der Waals surface area contributed by atoms with Crippen LogP contribution in [0.25, 0.3) is 0 Å². The quantitative estimate of drug-likeness (QED) is 0.929. The highest BCUT2D eigenvalue weighted by Crippen LogP contribution is 2.30. The molecule has 2 rings (SSSR count). The van der Waals surface area contributed by atoms with Crippen molar-refractivity contribution in [3.8, 4) is 5.75 Å². The Morgan fingerprint density at radius 3 is 2.15 bits per heavy atom. The maximum atomic E-state index is 14.0. The molecule has 1 atom stereocenters. The summed E-state index contributed by atoms with van der Waals surface area (Å²) in [6.07, 6.45) is 0. The van der Waals surface area contributed by atoms with Crippen LogP contribution in [0.3, 0.4) is 0 Å². The van der Waals surface area contributed by atoms with Crippen molar-refractivity contribution >= 4 is 0 Å². The summed E-state index contributed by atoms with van der Waals surface area (Å²) >= 11 is 0. The Kier molecular flexibility index (Phi) is 4.04. The Hall–Kier alpha value is -1.94. The number of hydrogen-bond acceptors (Lipinski definition) is 2. The van der Waals surface area contributed by atoms with Crippen LogP contribution in [0, 0.1) is 25.5 Å². The van der Waals surface area contributed by atoms with Crippen molar-refractivity contribution < 1.29 is 13.5 Å². The van der Waals surface area contributed by atoms with Gasteiger partial charge in [-0.05, 0) is 25.0 Å². The molecular formula is C16H17F2NO. The fourth-order valence-electron chi connectivity index (χ4n) is 2.31. The normalized spacial score (nSPS) is 12.3. The number of nitrogens with two attached hydrogens (primary N) is 1. The van der Waals surface area contributed by atoms with Crippen molar-refractivity contribution in [2.75, 3.05) is 7.11 Å². The topological polar surface area (TPSA) is 35.2 Å². The summed E-state index contributed by atoms with van der Waals surface area (Å²) in [6.45, 7) is 3.83. The standard InChI is InChI=1S/C16H17F2NO/c1-9-4-5-12(10(2)6-9)16(19)15-13(17)7-11(20-3)8-14(15)18/h4-8,16H,19H2,1-3H3. The zero-order valence-electron chi connectivity index (χ0n) is 11.7. The monoisotopic (exact) mass is 277 g/mol. The summed E-state index contributed by atoms with van der Waals surface area (Å²) in [5.41, 5.74) is 8.59. The first-order valence-electron chi connectivity index (χ1n) is 6.29. The summed E-state index contributed by atoms with van der Waals surface area (Å²) < 4.78 is 32.9. The van der Waals surface area contributed by atoms with E-state index in [1.54, 1.807) is 6.07 Å². The van der Waals surface area contributed by atoms with Gasteiger partial charge >= 0.3 is 0 Å². The molecule has 4 heteroatoms. The zero-order valence-corrected chi connectivity index (χ0v) is 11.7. The molecule has 2 aromatic rings. The maximum Gasteiger partial charge on any atom is 0.134 e. The minimum absolute atomic E-state index is 0.136. The summed E-state index contributed by atoms with van der Waals surface area (Å²) in [7, 11) is 1.36. The number of ether oxygens (including phenoxy) is 1. The Balaban J connectivity index is 2.50. The van der Waals surface area contributed by atoms with E-state index in [2.05, 4.69) is 0 Å². The molecule has 0 saturated heterocycles. The van der Waals surface area contributed by atoms with Gasteiger partial charge in [0.15, 0.2) is 0 Å². The third kappa shape index (κ3) is 2.65. The smallest absolute Gasteiger partial charge is 0.134 e. The zero-order chi connectivity index (χ0) is 14.9. The van der Waals surface area contributed by atoms with Crippen LogP contribution in [0.5, 0.6) is 5.75 Å². The van der Waals surface area contributed by atoms with Crippen LogP contribution in [-0.2, 0) is 0 Å². The first-order chi connectivity index (χ1) is 9.43. The number of hydrogen-bond donors (Lipinski definition) is 1. The lowest BCUT2D eigenvalue weighted by Gasteiger charge is -2.17. The third-order valence-electron chi connectivity index (χ3n) is 3.36. The molecule has 0 fully saturated rings. The first-order valence-corrected chi connectivity index (χ1v) is 6.29. The first kappa shape index (κ1) is 14.5. The van der Waals surface area contributed by atoms with Gasteiger partial charge in [-0.2, -0.15) is 0 Å². The predicted molar refractivity (Wildman–Crippen MR) is 74.9 cm³/mol. The summed E-state index contributed by atoms with van der Waals surface area (Å²) in [4.78, 5) is 0. The number of benzene rings is 2. The second-order valence-electron chi connectivity index (χ2n) is 4.84. The molecule has 0 saturated carbocycles. The van der Waals surface area contributed by atoms with Gasteiger partial charge in [-0.1, -0.05) is 23.8 Å². The second-order valence-corrected chi connectivity index (χ2v) is 4.84. The number of aryl methyl sites for hydroxylation is 2. The highest BCUT2D eigenvalue weighted by Gasteiger charge is 2.21. The fourth-order valence-corrected chi connectivity index (χ4v) is 2.31. The van der Waals surface area contributed by atoms with Crippen molar-refractivity contribution in [1.82, 2.24) is 0 Å². The summed E-state index contributed by atoms with van der Waals surface area (Å²) in [5.74, 6) is -1.26. The Bertz CT molecular complexity index is 617. The van der Waals surface area contributed by atoms with Crippen molar-refractivity contribution in [3.05, 3.63) is 64.2 Å². The van der Waals surface area contributed by atoms with Gasteiger partial charge in [-0.15, -0.1) is 0 Å². The molecule has 0 bridgehead atoms. The van der Waals surface area contributed by atoms with Gasteiger partial charge in [-0.25, -0.2) is 8.78 Å². The summed E-state index contributed by atoms with van der Waals surface area (Å²) in [6, 6.07) is 7.06. The van der Waals surface area contributed by atoms with E-state index in [1.165, 1.54) is 7.11 Å². The van der Waals surface area contributed by atoms with E-state index >= 15 is 0 Å². The molecule has 0 aliphatic heterocycles. The third-order valence-corrected chi connectivity index (χ3v) is 3.36. The van der Waals surface area contributed by atoms with E-state index in [0.717, 1.165) is 23.3 Å². The van der Waals surface area contributed by atoms with E-state index in [4.69, 9.17) is 10.5 Å². The van der Waals surface area contributed by atoms with Gasteiger partial charge in [-0.3, -0.25) is 0 Å². The lowest BCUT2D eigenvalue weighted by molar-refractivity contribution is 0.404. The Morgan fingerprint density at radius 1 is 1.05 bits per heavy atom. The Labute approximate surface area is 117 Å². The lowest BCUT2D eigenvalue weighted by Crippen LogP contribution is -2.17. The van der Waals surface area contributed by atoms with Crippen molar-refractivity contribution in [2.24, 2.45) is 5.73 Å². The number of halogens is 2. The van der Waals surface area contributed by atoms with Crippen molar-refractivity contribution in [1.29, 1.82) is 0 Å². The lowest BCUT2D eigenvalue weighted by atomic mass is 9.94. The molecule has 2 nitrogen and oxygen atoms in total. The highest BCUT2D eigenvalue weighted by atomic mass is 19.1. The molecule has 1 unspecified atom stereocenters. The molecule has 0 spiro atoms. The fraction of sp³-hybridized carbons (Fsp3) is 0.250. The van der Waals surface area contributed by atoms with Gasteiger partial charge in [0, 0.05) is 17.7 Å². The molecule has 2 N–H and O–H groups in total. The van der Waals surface area contributed by atoms with E-state index in [-0.39, 0.29) is 11.3 Å². The molecule has 0 radical (unpaired) electrons. The predicted octanol–water partition coefficient (Wildman–Crippen LogP) is 3.64. The van der Waals surface area contributed by atoms with Gasteiger partial charge in [0.1, 0.15) is 17.4 Å².